The summed E-state index contributed by atoms with van der Waals surface area (Å²) in [5.74, 6) is -0.558. The average molecular weight is 413 g/mol. The van der Waals surface area contributed by atoms with Gasteiger partial charge >= 0.3 is 5.97 Å². The van der Waals surface area contributed by atoms with Crippen LogP contribution in [0.4, 0.5) is 0 Å². The van der Waals surface area contributed by atoms with Gasteiger partial charge in [-0.1, -0.05) is 25.5 Å². The summed E-state index contributed by atoms with van der Waals surface area (Å²) in [6.07, 6.45) is 6.83. The van der Waals surface area contributed by atoms with Crippen LogP contribution >= 0.6 is 0 Å². The molecule has 0 radical (unpaired) electrons. The number of fused-ring (bicyclic) bond motifs is 1. The van der Waals surface area contributed by atoms with Crippen LogP contribution in [-0.4, -0.2) is 30.6 Å². The Bertz CT molecular complexity index is 1160. The van der Waals surface area contributed by atoms with E-state index >= 15 is 0 Å². The Hall–Kier alpha value is -3.06. The number of carboxylic acids is 1. The van der Waals surface area contributed by atoms with E-state index in [0.717, 1.165) is 30.9 Å². The number of carbonyl (C=O) groups is 1. The Labute approximate surface area is 170 Å². The van der Waals surface area contributed by atoms with Gasteiger partial charge in [0.1, 0.15) is 5.75 Å². The molecule has 2 aromatic carbocycles. The van der Waals surface area contributed by atoms with Crippen molar-refractivity contribution in [2.45, 2.75) is 31.1 Å². The van der Waals surface area contributed by atoms with Crippen molar-refractivity contribution in [3.8, 4) is 5.75 Å². The van der Waals surface area contributed by atoms with E-state index in [9.17, 15) is 13.2 Å². The molecule has 0 fully saturated rings. The number of unbranched alkanes of at least 4 members (excludes halogenated alkanes) is 1. The van der Waals surface area contributed by atoms with Crippen molar-refractivity contribution in [3.05, 3.63) is 65.9 Å². The smallest absolute Gasteiger partial charge is 0.328 e. The highest BCUT2D eigenvalue weighted by Gasteiger charge is 2.21. The Morgan fingerprint density at radius 3 is 2.52 bits per heavy atom. The lowest BCUT2D eigenvalue weighted by Crippen LogP contribution is -2.11. The van der Waals surface area contributed by atoms with Crippen LogP contribution in [0, 0.1) is 0 Å². The second-order valence-corrected chi connectivity index (χ2v) is 8.50. The second-order valence-electron chi connectivity index (χ2n) is 6.69. The lowest BCUT2D eigenvalue weighted by molar-refractivity contribution is -0.131. The largest absolute Gasteiger partial charge is 0.497 e. The second kappa shape index (κ2) is 8.53. The first-order chi connectivity index (χ1) is 13.9. The summed E-state index contributed by atoms with van der Waals surface area (Å²) in [4.78, 5) is 11.1. The first kappa shape index (κ1) is 20.7. The maximum absolute atomic E-state index is 13.3. The van der Waals surface area contributed by atoms with E-state index < -0.39 is 16.0 Å². The molecular weight excluding hydrogens is 390 g/mol. The molecule has 0 aliphatic rings. The van der Waals surface area contributed by atoms with Crippen molar-refractivity contribution in [1.82, 2.24) is 3.97 Å². The molecule has 7 heteroatoms. The third-order valence-corrected chi connectivity index (χ3v) is 6.40. The number of aryl methyl sites for hydroxylation is 1. The van der Waals surface area contributed by atoms with Gasteiger partial charge in [-0.3, -0.25) is 0 Å². The fourth-order valence-corrected chi connectivity index (χ4v) is 4.52. The van der Waals surface area contributed by atoms with Gasteiger partial charge in [-0.15, -0.1) is 0 Å². The maximum Gasteiger partial charge on any atom is 0.328 e. The fourth-order valence-electron chi connectivity index (χ4n) is 3.15. The van der Waals surface area contributed by atoms with Crippen molar-refractivity contribution in [1.29, 1.82) is 0 Å². The van der Waals surface area contributed by atoms with Crippen LogP contribution in [0.2, 0.25) is 0 Å². The number of hydrogen-bond acceptors (Lipinski definition) is 4. The Morgan fingerprint density at radius 2 is 1.90 bits per heavy atom. The molecule has 0 spiro atoms. The lowest BCUT2D eigenvalue weighted by Gasteiger charge is -2.09. The molecule has 0 amide bonds. The summed E-state index contributed by atoms with van der Waals surface area (Å²) >= 11 is 0. The molecule has 0 bridgehead atoms. The summed E-state index contributed by atoms with van der Waals surface area (Å²) in [6.45, 7) is 2.11. The predicted molar refractivity (Wildman–Crippen MR) is 113 cm³/mol. The third-order valence-electron chi connectivity index (χ3n) is 4.71. The van der Waals surface area contributed by atoms with E-state index in [1.807, 2.05) is 12.1 Å². The first-order valence-electron chi connectivity index (χ1n) is 9.31. The third kappa shape index (κ3) is 4.35. The predicted octanol–water partition coefficient (Wildman–Crippen LogP) is 4.33. The zero-order valence-electron chi connectivity index (χ0n) is 16.3. The first-order valence-corrected chi connectivity index (χ1v) is 10.8. The van der Waals surface area contributed by atoms with Crippen LogP contribution in [-0.2, 0) is 21.2 Å². The molecule has 1 N–H and O–H groups in total. The van der Waals surface area contributed by atoms with E-state index in [2.05, 4.69) is 6.92 Å². The number of carboxylic acid groups (broad SMARTS) is 1. The SMILES string of the molecule is CCCCc1ccc(S(=O)(=O)n2cc(/C=C/C(=O)O)c3cc(OC)ccc32)cc1. The highest BCUT2D eigenvalue weighted by Crippen LogP contribution is 2.30. The van der Waals surface area contributed by atoms with Gasteiger partial charge in [-0.05, 0) is 54.8 Å². The number of methoxy groups -OCH3 is 1. The summed E-state index contributed by atoms with van der Waals surface area (Å²) < 4.78 is 33.0. The molecule has 1 heterocycles. The summed E-state index contributed by atoms with van der Waals surface area (Å²) in [7, 11) is -2.33. The minimum absolute atomic E-state index is 0.180. The van der Waals surface area contributed by atoms with Gasteiger partial charge < -0.3 is 9.84 Å². The van der Waals surface area contributed by atoms with Crippen LogP contribution in [0.3, 0.4) is 0 Å². The molecule has 3 rings (SSSR count). The summed E-state index contributed by atoms with van der Waals surface area (Å²) in [5.41, 5.74) is 2.02. The fraction of sp³-hybridized carbons (Fsp3) is 0.227. The molecule has 0 atom stereocenters. The number of benzene rings is 2. The van der Waals surface area contributed by atoms with E-state index in [1.54, 1.807) is 30.3 Å². The van der Waals surface area contributed by atoms with E-state index in [-0.39, 0.29) is 4.90 Å². The molecule has 152 valence electrons. The topological polar surface area (TPSA) is 85.6 Å². The van der Waals surface area contributed by atoms with Crippen molar-refractivity contribution < 1.29 is 23.1 Å². The molecule has 0 aliphatic carbocycles. The highest BCUT2D eigenvalue weighted by molar-refractivity contribution is 7.90. The average Bonchev–Trinajstić information content (AvgIpc) is 3.09. The monoisotopic (exact) mass is 413 g/mol. The maximum atomic E-state index is 13.3. The molecule has 0 aliphatic heterocycles. The van der Waals surface area contributed by atoms with Gasteiger partial charge in [0.15, 0.2) is 0 Å². The van der Waals surface area contributed by atoms with Crippen molar-refractivity contribution in [3.63, 3.8) is 0 Å². The molecule has 6 nitrogen and oxygen atoms in total. The number of aromatic nitrogens is 1. The van der Waals surface area contributed by atoms with Crippen LogP contribution in [0.15, 0.2) is 59.6 Å². The van der Waals surface area contributed by atoms with Crippen molar-refractivity contribution in [2.24, 2.45) is 0 Å². The number of hydrogen-bond donors (Lipinski definition) is 1. The van der Waals surface area contributed by atoms with Crippen LogP contribution in [0.1, 0.15) is 30.9 Å². The Morgan fingerprint density at radius 1 is 1.17 bits per heavy atom. The van der Waals surface area contributed by atoms with Crippen LogP contribution < -0.4 is 4.74 Å². The molecular formula is C22H23NO5S. The van der Waals surface area contributed by atoms with Gasteiger partial charge in [0.2, 0.25) is 0 Å². The molecule has 0 saturated heterocycles. The molecule has 0 unspecified atom stereocenters. The Kier molecular flexibility index (Phi) is 6.08. The minimum atomic E-state index is -3.85. The molecule has 29 heavy (non-hydrogen) atoms. The molecule has 3 aromatic rings. The van der Waals surface area contributed by atoms with Crippen molar-refractivity contribution >= 4 is 33.0 Å². The normalized spacial score (nSPS) is 11.9. The summed E-state index contributed by atoms with van der Waals surface area (Å²) in [6, 6.07) is 11.9. The van der Waals surface area contributed by atoms with Gasteiger partial charge in [0.05, 0.1) is 17.5 Å². The van der Waals surface area contributed by atoms with E-state index in [4.69, 9.17) is 9.84 Å². The van der Waals surface area contributed by atoms with Crippen LogP contribution in [0.25, 0.3) is 17.0 Å². The standard InChI is InChI=1S/C22H23NO5S/c1-3-4-5-16-6-10-19(11-7-16)29(26,27)23-15-17(8-13-22(24)25)20-14-18(28-2)9-12-21(20)23/h6-15H,3-5H2,1-2H3,(H,24,25)/b13-8+. The molecule has 0 saturated carbocycles. The van der Waals surface area contributed by atoms with Crippen LogP contribution in [0.5, 0.6) is 5.75 Å². The van der Waals surface area contributed by atoms with Gasteiger partial charge in [-0.25, -0.2) is 17.2 Å². The quantitative estimate of drug-likeness (QED) is 0.556. The number of rotatable bonds is 8. The summed E-state index contributed by atoms with van der Waals surface area (Å²) in [5, 5.41) is 9.53. The van der Waals surface area contributed by atoms with Gasteiger partial charge in [0, 0.05) is 23.2 Å². The zero-order valence-corrected chi connectivity index (χ0v) is 17.1. The number of ether oxygens (including phenoxy) is 1. The van der Waals surface area contributed by atoms with E-state index in [1.165, 1.54) is 23.4 Å². The lowest BCUT2D eigenvalue weighted by atomic mass is 10.1. The Balaban J connectivity index is 2.11. The minimum Gasteiger partial charge on any atom is -0.497 e. The highest BCUT2D eigenvalue weighted by atomic mass is 32.2. The zero-order chi connectivity index (χ0) is 21.0. The van der Waals surface area contributed by atoms with Gasteiger partial charge in [0.25, 0.3) is 10.0 Å². The van der Waals surface area contributed by atoms with E-state index in [0.29, 0.717) is 22.2 Å². The number of nitrogens with zero attached hydrogens (tertiary/aromatic N) is 1. The molecule has 1 aromatic heterocycles. The van der Waals surface area contributed by atoms with Gasteiger partial charge in [-0.2, -0.15) is 0 Å². The number of aliphatic carboxylic acids is 1. The van der Waals surface area contributed by atoms with Crippen molar-refractivity contribution in [2.75, 3.05) is 7.11 Å².